The van der Waals surface area contributed by atoms with Crippen molar-refractivity contribution < 1.29 is 0 Å². The second-order valence-corrected chi connectivity index (χ2v) is 9.17. The van der Waals surface area contributed by atoms with Crippen molar-refractivity contribution in [3.8, 4) is 17.2 Å². The molecule has 6 rings (SSSR count). The lowest BCUT2D eigenvalue weighted by atomic mass is 10.1. The number of nitrogens with one attached hydrogen (secondary N) is 2. The van der Waals surface area contributed by atoms with E-state index in [1.807, 2.05) is 61.0 Å². The number of aromatic amines is 2. The number of imidazole rings is 2. The van der Waals surface area contributed by atoms with Crippen molar-refractivity contribution in [2.45, 2.75) is 19.9 Å². The van der Waals surface area contributed by atoms with Crippen LogP contribution >= 0.6 is 0 Å². The molecule has 0 radical (unpaired) electrons. The molecule has 1 aromatic carbocycles. The van der Waals surface area contributed by atoms with Gasteiger partial charge in [0, 0.05) is 30.5 Å². The van der Waals surface area contributed by atoms with Gasteiger partial charge in [-0.2, -0.15) is 5.10 Å². The molecule has 3 aromatic heterocycles. The highest BCUT2D eigenvalue weighted by atomic mass is 15.3. The topological polar surface area (TPSA) is 129 Å². The molecule has 0 aliphatic carbocycles. The molecule has 0 spiro atoms. The quantitative estimate of drug-likeness (QED) is 0.288. The van der Waals surface area contributed by atoms with Crippen LogP contribution in [0.4, 0.5) is 0 Å². The Morgan fingerprint density at radius 3 is 2.89 bits per heavy atom. The highest BCUT2D eigenvalue weighted by Crippen LogP contribution is 2.23. The number of hydrogen-bond acceptors (Lipinski definition) is 6. The van der Waals surface area contributed by atoms with Gasteiger partial charge < -0.3 is 20.2 Å². The molecule has 0 atom stereocenters. The lowest BCUT2D eigenvalue weighted by molar-refractivity contribution is 0.255. The smallest absolute Gasteiger partial charge is 0.159 e. The van der Waals surface area contributed by atoms with Crippen LogP contribution in [0.25, 0.3) is 40.4 Å². The van der Waals surface area contributed by atoms with Crippen LogP contribution in [0.3, 0.4) is 0 Å². The number of amidine groups is 1. The van der Waals surface area contributed by atoms with Gasteiger partial charge in [-0.15, -0.1) is 0 Å². The van der Waals surface area contributed by atoms with Crippen LogP contribution in [0.1, 0.15) is 12.6 Å². The number of aryl methyl sites for hydroxylation is 1. The highest BCUT2D eigenvalue weighted by molar-refractivity contribution is 6.22. The van der Waals surface area contributed by atoms with Crippen molar-refractivity contribution >= 4 is 34.7 Å². The summed E-state index contributed by atoms with van der Waals surface area (Å²) in [5, 5.41) is 9.58. The maximum absolute atomic E-state index is 5.97. The largest absolute Gasteiger partial charge is 0.353 e. The molecule has 0 unspecified atom stereocenters. The zero-order valence-electron chi connectivity index (χ0n) is 20.8. The normalized spacial score (nSPS) is 16.5. The summed E-state index contributed by atoms with van der Waals surface area (Å²) in [6.07, 6.45) is 11.6. The van der Waals surface area contributed by atoms with Crippen LogP contribution in [0.2, 0.25) is 0 Å². The van der Waals surface area contributed by atoms with Crippen molar-refractivity contribution in [3.63, 3.8) is 0 Å². The second-order valence-electron chi connectivity index (χ2n) is 9.17. The van der Waals surface area contributed by atoms with Crippen LogP contribution in [-0.2, 0) is 0 Å². The molecule has 5 heterocycles. The van der Waals surface area contributed by atoms with Crippen LogP contribution in [0, 0.1) is 6.92 Å². The summed E-state index contributed by atoms with van der Waals surface area (Å²) >= 11 is 0. The molecule has 4 N–H and O–H groups in total. The SMILES string of the molecule is C=CC(=N/C(=C\C)C1=NCC=c2[nH]nc(-c3nc4c(-n5cnc(C)c5)cccc4[nH]3)c2=C1)N1CC(N)C1. The third kappa shape index (κ3) is 4.11. The summed E-state index contributed by atoms with van der Waals surface area (Å²) in [6, 6.07) is 6.22. The number of fused-ring (bicyclic) bond motifs is 2. The summed E-state index contributed by atoms with van der Waals surface area (Å²) < 4.78 is 1.98. The minimum atomic E-state index is 0.175. The zero-order valence-corrected chi connectivity index (χ0v) is 20.8. The van der Waals surface area contributed by atoms with Crippen molar-refractivity contribution in [2.24, 2.45) is 15.7 Å². The molecular formula is C27H28N10. The van der Waals surface area contributed by atoms with Crippen LogP contribution in [0.15, 0.2) is 65.1 Å². The Bertz CT molecular complexity index is 1720. The van der Waals surface area contributed by atoms with Gasteiger partial charge >= 0.3 is 0 Å². The first kappa shape index (κ1) is 22.9. The monoisotopic (exact) mass is 492 g/mol. The fourth-order valence-electron chi connectivity index (χ4n) is 4.65. The number of allylic oxidation sites excluding steroid dienone is 2. The lowest BCUT2D eigenvalue weighted by Crippen LogP contribution is -2.57. The van der Waals surface area contributed by atoms with E-state index >= 15 is 0 Å². The minimum absolute atomic E-state index is 0.175. The van der Waals surface area contributed by atoms with Crippen molar-refractivity contribution in [1.82, 2.24) is 34.6 Å². The van der Waals surface area contributed by atoms with Gasteiger partial charge in [0.25, 0.3) is 0 Å². The molecule has 2 aliphatic rings. The predicted molar refractivity (Wildman–Crippen MR) is 147 cm³/mol. The molecule has 0 amide bonds. The third-order valence-electron chi connectivity index (χ3n) is 6.56. The number of hydrogen-bond donors (Lipinski definition) is 3. The second kappa shape index (κ2) is 9.14. The molecular weight excluding hydrogens is 464 g/mol. The Labute approximate surface area is 213 Å². The molecule has 10 nitrogen and oxygen atoms in total. The van der Waals surface area contributed by atoms with Crippen LogP contribution in [0.5, 0.6) is 0 Å². The average molecular weight is 493 g/mol. The number of nitrogens with two attached hydrogens (primary N) is 1. The van der Waals surface area contributed by atoms with Gasteiger partial charge in [-0.05, 0) is 44.2 Å². The van der Waals surface area contributed by atoms with Crippen molar-refractivity contribution in [3.05, 3.63) is 71.4 Å². The van der Waals surface area contributed by atoms with E-state index in [4.69, 9.17) is 20.7 Å². The molecule has 0 saturated carbocycles. The van der Waals surface area contributed by atoms with Gasteiger partial charge in [0.05, 0.1) is 46.5 Å². The summed E-state index contributed by atoms with van der Waals surface area (Å²) in [5.41, 5.74) is 11.9. The summed E-state index contributed by atoms with van der Waals surface area (Å²) in [6.45, 7) is 9.93. The summed E-state index contributed by atoms with van der Waals surface area (Å²) in [5.74, 6) is 1.47. The highest BCUT2D eigenvalue weighted by Gasteiger charge is 2.25. The fraction of sp³-hybridized carbons (Fsp3) is 0.222. The standard InChI is InChI=1S/C27H28N10/c1-4-19(31-24(5-2)36-13-17(28)14-36)22-11-18-20(9-10-29-22)34-35-25(18)27-32-21-7-6-8-23(26(21)33-27)37-12-16(3)30-15-37/h4-9,11-12,15,17,34H,2,10,13-14,28H2,1,3H3,(H,32,33)/b19-4-,31-24?. The molecule has 10 heteroatoms. The lowest BCUT2D eigenvalue weighted by Gasteiger charge is -2.38. The van der Waals surface area contributed by atoms with E-state index in [2.05, 4.69) is 31.6 Å². The predicted octanol–water partition coefficient (Wildman–Crippen LogP) is 1.59. The molecule has 0 bridgehead atoms. The fourth-order valence-corrected chi connectivity index (χ4v) is 4.65. The van der Waals surface area contributed by atoms with Gasteiger partial charge in [-0.25, -0.2) is 15.0 Å². The average Bonchev–Trinajstić information content (AvgIpc) is 3.58. The maximum atomic E-state index is 5.97. The number of H-pyrrole nitrogens is 2. The first-order chi connectivity index (χ1) is 18.0. The minimum Gasteiger partial charge on any atom is -0.353 e. The Hall–Kier alpha value is -4.57. The molecule has 186 valence electrons. The molecule has 37 heavy (non-hydrogen) atoms. The van der Waals surface area contributed by atoms with Gasteiger partial charge in [0.1, 0.15) is 17.0 Å². The molecule has 1 saturated heterocycles. The van der Waals surface area contributed by atoms with Gasteiger partial charge in [0.2, 0.25) is 0 Å². The van der Waals surface area contributed by atoms with E-state index in [0.29, 0.717) is 12.4 Å². The number of aromatic nitrogens is 6. The van der Waals surface area contributed by atoms with E-state index in [1.54, 1.807) is 12.4 Å². The van der Waals surface area contributed by atoms with Gasteiger partial charge in [0.15, 0.2) is 5.82 Å². The number of rotatable bonds is 5. The van der Waals surface area contributed by atoms with Gasteiger partial charge in [-0.3, -0.25) is 10.1 Å². The molecule has 4 aromatic rings. The molecule has 2 aliphatic heterocycles. The van der Waals surface area contributed by atoms with Crippen LogP contribution in [-0.4, -0.2) is 71.8 Å². The number of likely N-dealkylation sites (tertiary alicyclic amines) is 1. The Morgan fingerprint density at radius 1 is 1.30 bits per heavy atom. The maximum Gasteiger partial charge on any atom is 0.159 e. The Balaban J connectivity index is 1.42. The molecule has 1 fully saturated rings. The van der Waals surface area contributed by atoms with E-state index in [0.717, 1.165) is 69.0 Å². The van der Waals surface area contributed by atoms with E-state index in [-0.39, 0.29) is 6.04 Å². The third-order valence-corrected chi connectivity index (χ3v) is 6.56. The van der Waals surface area contributed by atoms with Crippen molar-refractivity contribution in [2.75, 3.05) is 19.6 Å². The number of aliphatic imine (C=N–C) groups is 2. The summed E-state index contributed by atoms with van der Waals surface area (Å²) in [4.78, 5) is 24.5. The first-order valence-electron chi connectivity index (χ1n) is 12.2. The number of benzene rings is 1. The summed E-state index contributed by atoms with van der Waals surface area (Å²) in [7, 11) is 0. The number of para-hydroxylation sites is 1. The zero-order chi connectivity index (χ0) is 25.5. The van der Waals surface area contributed by atoms with Gasteiger partial charge in [-0.1, -0.05) is 18.7 Å². The van der Waals surface area contributed by atoms with Crippen LogP contribution < -0.4 is 16.3 Å². The van der Waals surface area contributed by atoms with Crippen molar-refractivity contribution in [1.29, 1.82) is 0 Å². The Morgan fingerprint density at radius 2 is 2.16 bits per heavy atom. The van der Waals surface area contributed by atoms with E-state index < -0.39 is 0 Å². The number of nitrogens with zero attached hydrogens (tertiary/aromatic N) is 7. The van der Waals surface area contributed by atoms with E-state index in [1.165, 1.54) is 0 Å². The first-order valence-corrected chi connectivity index (χ1v) is 12.2. The Kier molecular flexibility index (Phi) is 5.65. The van der Waals surface area contributed by atoms with E-state index in [9.17, 15) is 0 Å².